The molecule has 2 aromatic carbocycles. The van der Waals surface area contributed by atoms with Crippen molar-refractivity contribution in [1.82, 2.24) is 0 Å². The molecule has 0 aliphatic heterocycles. The number of phenolic OH excluding ortho intramolecular Hbond substituents is 1. The highest BCUT2D eigenvalue weighted by Crippen LogP contribution is 2.24. The lowest BCUT2D eigenvalue weighted by atomic mass is 10.0. The zero-order valence-corrected chi connectivity index (χ0v) is 13.0. The monoisotopic (exact) mass is 328 g/mol. The molecule has 122 valence electrons. The minimum Gasteiger partial charge on any atom is -0.507 e. The Bertz CT molecular complexity index is 860. The maximum Gasteiger partial charge on any atom is 0.266 e. The van der Waals surface area contributed by atoms with E-state index < -0.39 is 17.5 Å². The van der Waals surface area contributed by atoms with Gasteiger partial charge >= 0.3 is 0 Å². The van der Waals surface area contributed by atoms with Gasteiger partial charge < -0.3 is 10.4 Å². The van der Waals surface area contributed by atoms with E-state index in [2.05, 4.69) is 5.32 Å². The van der Waals surface area contributed by atoms with Gasteiger partial charge in [-0.25, -0.2) is 8.78 Å². The van der Waals surface area contributed by atoms with Crippen molar-refractivity contribution in [3.63, 3.8) is 0 Å². The molecule has 6 heteroatoms. The predicted molar refractivity (Wildman–Crippen MR) is 86.2 cm³/mol. The SMILES string of the molecule is Cc1cc(/C=C(\C#N)C(=O)Nc2ccc(F)cc2F)cc(C)c1O. The van der Waals surface area contributed by atoms with Crippen LogP contribution < -0.4 is 5.32 Å². The van der Waals surface area contributed by atoms with Gasteiger partial charge in [0.1, 0.15) is 29.0 Å². The molecule has 4 nitrogen and oxygen atoms in total. The largest absolute Gasteiger partial charge is 0.507 e. The summed E-state index contributed by atoms with van der Waals surface area (Å²) in [6.45, 7) is 3.39. The minimum absolute atomic E-state index is 0.142. The van der Waals surface area contributed by atoms with E-state index in [0.29, 0.717) is 22.8 Å². The van der Waals surface area contributed by atoms with Crippen LogP contribution in [0, 0.1) is 36.8 Å². The van der Waals surface area contributed by atoms with Crippen molar-refractivity contribution >= 4 is 17.7 Å². The van der Waals surface area contributed by atoms with Crippen molar-refractivity contribution in [3.8, 4) is 11.8 Å². The molecule has 0 heterocycles. The average Bonchev–Trinajstić information content (AvgIpc) is 2.52. The number of carbonyl (C=O) groups is 1. The first-order chi connectivity index (χ1) is 11.3. The van der Waals surface area contributed by atoms with Crippen molar-refractivity contribution in [2.24, 2.45) is 0 Å². The molecule has 0 fully saturated rings. The minimum atomic E-state index is -0.933. The van der Waals surface area contributed by atoms with Crippen molar-refractivity contribution < 1.29 is 18.7 Å². The molecule has 2 rings (SSSR count). The summed E-state index contributed by atoms with van der Waals surface area (Å²) < 4.78 is 26.4. The van der Waals surface area contributed by atoms with Gasteiger partial charge in [-0.05, 0) is 60.9 Å². The Morgan fingerprint density at radius 3 is 2.38 bits per heavy atom. The van der Waals surface area contributed by atoms with Gasteiger partial charge in [-0.1, -0.05) is 0 Å². The molecule has 2 aromatic rings. The molecule has 1 amide bonds. The maximum atomic E-state index is 13.6. The van der Waals surface area contributed by atoms with Crippen LogP contribution in [0.1, 0.15) is 16.7 Å². The van der Waals surface area contributed by atoms with Gasteiger partial charge in [-0.3, -0.25) is 4.79 Å². The van der Waals surface area contributed by atoms with E-state index in [0.717, 1.165) is 12.1 Å². The van der Waals surface area contributed by atoms with Gasteiger partial charge in [-0.15, -0.1) is 0 Å². The Morgan fingerprint density at radius 2 is 1.83 bits per heavy atom. The van der Waals surface area contributed by atoms with Gasteiger partial charge in [0.05, 0.1) is 5.69 Å². The molecule has 0 radical (unpaired) electrons. The highest BCUT2D eigenvalue weighted by molar-refractivity contribution is 6.09. The number of nitrogens with one attached hydrogen (secondary N) is 1. The van der Waals surface area contributed by atoms with Gasteiger partial charge in [0, 0.05) is 6.07 Å². The fourth-order valence-electron chi connectivity index (χ4n) is 2.17. The van der Waals surface area contributed by atoms with Crippen LogP contribution in [-0.4, -0.2) is 11.0 Å². The number of hydrogen-bond acceptors (Lipinski definition) is 3. The van der Waals surface area contributed by atoms with Crippen LogP contribution in [0.5, 0.6) is 5.75 Å². The molecular formula is C18H14F2N2O2. The number of carbonyl (C=O) groups excluding carboxylic acids is 1. The van der Waals surface area contributed by atoms with Gasteiger partial charge in [0.15, 0.2) is 0 Å². The Balaban J connectivity index is 2.31. The van der Waals surface area contributed by atoms with Crippen molar-refractivity contribution in [2.75, 3.05) is 5.32 Å². The van der Waals surface area contributed by atoms with Crippen LogP contribution in [0.2, 0.25) is 0 Å². The molecule has 0 saturated carbocycles. The summed E-state index contributed by atoms with van der Waals surface area (Å²) in [4.78, 5) is 12.1. The smallest absolute Gasteiger partial charge is 0.266 e. The number of anilines is 1. The first-order valence-electron chi connectivity index (χ1n) is 7.00. The van der Waals surface area contributed by atoms with E-state index in [4.69, 9.17) is 5.26 Å². The number of nitrogens with zero attached hydrogens (tertiary/aromatic N) is 1. The number of aromatic hydroxyl groups is 1. The Hall–Kier alpha value is -3.20. The van der Waals surface area contributed by atoms with E-state index >= 15 is 0 Å². The lowest BCUT2D eigenvalue weighted by Gasteiger charge is -2.07. The highest BCUT2D eigenvalue weighted by atomic mass is 19.1. The molecule has 0 aromatic heterocycles. The zero-order valence-electron chi connectivity index (χ0n) is 13.0. The van der Waals surface area contributed by atoms with Crippen molar-refractivity contribution in [3.05, 3.63) is 64.2 Å². The molecule has 0 aliphatic rings. The first-order valence-corrected chi connectivity index (χ1v) is 7.00. The van der Waals surface area contributed by atoms with Gasteiger partial charge in [0.2, 0.25) is 0 Å². The molecular weight excluding hydrogens is 314 g/mol. The van der Waals surface area contributed by atoms with Crippen LogP contribution in [0.3, 0.4) is 0 Å². The van der Waals surface area contributed by atoms with Gasteiger partial charge in [0.25, 0.3) is 5.91 Å². The molecule has 0 atom stereocenters. The fourth-order valence-corrected chi connectivity index (χ4v) is 2.17. The lowest BCUT2D eigenvalue weighted by Crippen LogP contribution is -2.14. The van der Waals surface area contributed by atoms with Crippen LogP contribution in [0.25, 0.3) is 6.08 Å². The number of aryl methyl sites for hydroxylation is 2. The number of benzene rings is 2. The fraction of sp³-hybridized carbons (Fsp3) is 0.111. The lowest BCUT2D eigenvalue weighted by molar-refractivity contribution is -0.112. The number of halogens is 2. The first kappa shape index (κ1) is 17.2. The normalized spacial score (nSPS) is 11.0. The van der Waals surface area contributed by atoms with E-state index in [1.165, 1.54) is 6.08 Å². The van der Waals surface area contributed by atoms with Crippen LogP contribution in [-0.2, 0) is 4.79 Å². The summed E-state index contributed by atoms with van der Waals surface area (Å²) >= 11 is 0. The second kappa shape index (κ2) is 6.92. The zero-order chi connectivity index (χ0) is 17.9. The summed E-state index contributed by atoms with van der Waals surface area (Å²) in [6, 6.07) is 7.69. The van der Waals surface area contributed by atoms with Crippen molar-refractivity contribution in [1.29, 1.82) is 5.26 Å². The maximum absolute atomic E-state index is 13.6. The van der Waals surface area contributed by atoms with Crippen LogP contribution >= 0.6 is 0 Å². The Labute approximate surface area is 137 Å². The summed E-state index contributed by atoms with van der Waals surface area (Å²) in [6.07, 6.45) is 1.33. The molecule has 2 N–H and O–H groups in total. The van der Waals surface area contributed by atoms with E-state index in [9.17, 15) is 18.7 Å². The number of hydrogen-bond donors (Lipinski definition) is 2. The molecule has 0 aliphatic carbocycles. The quantitative estimate of drug-likeness (QED) is 0.664. The number of rotatable bonds is 3. The summed E-state index contributed by atoms with van der Waals surface area (Å²) in [7, 11) is 0. The molecule has 0 bridgehead atoms. The van der Waals surface area contributed by atoms with Crippen LogP contribution in [0.4, 0.5) is 14.5 Å². The third-order valence-electron chi connectivity index (χ3n) is 3.37. The summed E-state index contributed by atoms with van der Waals surface area (Å²) in [5, 5.41) is 21.1. The van der Waals surface area contributed by atoms with E-state index in [-0.39, 0.29) is 17.0 Å². The second-order valence-corrected chi connectivity index (χ2v) is 5.25. The van der Waals surface area contributed by atoms with Gasteiger partial charge in [-0.2, -0.15) is 5.26 Å². The molecule has 0 unspecified atom stereocenters. The number of nitriles is 1. The third-order valence-corrected chi connectivity index (χ3v) is 3.37. The van der Waals surface area contributed by atoms with E-state index in [1.54, 1.807) is 32.0 Å². The summed E-state index contributed by atoms with van der Waals surface area (Å²) in [5.74, 6) is -2.37. The topological polar surface area (TPSA) is 73.1 Å². The van der Waals surface area contributed by atoms with Crippen LogP contribution in [0.15, 0.2) is 35.9 Å². The van der Waals surface area contributed by atoms with E-state index in [1.807, 2.05) is 0 Å². The Kier molecular flexibility index (Phi) is 4.95. The third kappa shape index (κ3) is 3.76. The number of phenols is 1. The average molecular weight is 328 g/mol. The molecule has 24 heavy (non-hydrogen) atoms. The molecule has 0 spiro atoms. The van der Waals surface area contributed by atoms with Crippen molar-refractivity contribution in [2.45, 2.75) is 13.8 Å². The number of amides is 1. The molecule has 0 saturated heterocycles. The predicted octanol–water partition coefficient (Wildman–Crippen LogP) is 3.83. The Morgan fingerprint density at radius 1 is 1.21 bits per heavy atom. The highest BCUT2D eigenvalue weighted by Gasteiger charge is 2.13. The standard InChI is InChI=1S/C18H14F2N2O2/c1-10-5-12(6-11(2)17(10)23)7-13(9-21)18(24)22-16-4-3-14(19)8-15(16)20/h3-8,23H,1-2H3,(H,22,24)/b13-7+. The summed E-state index contributed by atoms with van der Waals surface area (Å²) in [5.41, 5.74) is 1.28. The second-order valence-electron chi connectivity index (χ2n) is 5.25.